The van der Waals surface area contributed by atoms with Crippen LogP contribution in [0.3, 0.4) is 0 Å². The molecule has 0 aliphatic heterocycles. The van der Waals surface area contributed by atoms with Gasteiger partial charge in [-0.3, -0.25) is 0 Å². The van der Waals surface area contributed by atoms with Gasteiger partial charge in [-0.1, -0.05) is 6.07 Å². The minimum absolute atomic E-state index is 0.834. The number of aryl methyl sites for hydroxylation is 1. The second-order valence-corrected chi connectivity index (χ2v) is 5.33. The summed E-state index contributed by atoms with van der Waals surface area (Å²) in [6.45, 7) is 5.13. The van der Waals surface area contributed by atoms with Crippen LogP contribution in [0, 0.1) is 13.8 Å². The fourth-order valence-corrected chi connectivity index (χ4v) is 2.50. The van der Waals surface area contributed by atoms with E-state index in [9.17, 15) is 0 Å². The lowest BCUT2D eigenvalue weighted by atomic mass is 10.2. The van der Waals surface area contributed by atoms with Crippen molar-refractivity contribution < 1.29 is 0 Å². The molecule has 108 valence electrons. The molecule has 3 aromatic rings. The summed E-state index contributed by atoms with van der Waals surface area (Å²) < 4.78 is 4.22. The number of hydrogen-bond acceptors (Lipinski definition) is 2. The van der Waals surface area contributed by atoms with E-state index in [-0.39, 0.29) is 0 Å². The Morgan fingerprint density at radius 3 is 2.71 bits per heavy atom. The minimum atomic E-state index is 0.834. The molecule has 0 radical (unpaired) electrons. The highest BCUT2D eigenvalue weighted by molar-refractivity contribution is 5.51. The van der Waals surface area contributed by atoms with E-state index >= 15 is 0 Å². The monoisotopic (exact) mass is 280 g/mol. The lowest BCUT2D eigenvalue weighted by Gasteiger charge is -2.09. The van der Waals surface area contributed by atoms with Gasteiger partial charge >= 0.3 is 0 Å². The first-order valence-electron chi connectivity index (χ1n) is 7.09. The van der Waals surface area contributed by atoms with Gasteiger partial charge in [-0.15, -0.1) is 0 Å². The molecule has 1 N–H and O–H groups in total. The standard InChI is InChI=1S/C17H20N4/c1-13-9-15(14(2)20(13)3)11-19-16-5-4-6-17(10-16)21-8-7-18-12-21/h4-10,12,19H,11H2,1-3H3. The molecule has 3 rings (SSSR count). The van der Waals surface area contributed by atoms with Crippen LogP contribution in [0.2, 0.25) is 0 Å². The first kappa shape index (κ1) is 13.5. The zero-order valence-electron chi connectivity index (χ0n) is 12.7. The van der Waals surface area contributed by atoms with Gasteiger partial charge in [0.1, 0.15) is 0 Å². The summed E-state index contributed by atoms with van der Waals surface area (Å²) in [7, 11) is 2.10. The zero-order valence-corrected chi connectivity index (χ0v) is 12.7. The number of aromatic nitrogens is 3. The molecule has 0 atom stereocenters. The topological polar surface area (TPSA) is 34.8 Å². The predicted molar refractivity (Wildman–Crippen MR) is 85.8 cm³/mol. The van der Waals surface area contributed by atoms with Crippen LogP contribution in [0.4, 0.5) is 5.69 Å². The number of nitrogens with zero attached hydrogens (tertiary/aromatic N) is 3. The number of benzene rings is 1. The quantitative estimate of drug-likeness (QED) is 0.794. The maximum Gasteiger partial charge on any atom is 0.0991 e. The molecule has 4 nitrogen and oxygen atoms in total. The summed E-state index contributed by atoms with van der Waals surface area (Å²) in [5.41, 5.74) is 6.16. The molecule has 1 aromatic carbocycles. The third kappa shape index (κ3) is 2.70. The normalized spacial score (nSPS) is 10.8. The molecule has 21 heavy (non-hydrogen) atoms. The van der Waals surface area contributed by atoms with E-state index in [4.69, 9.17) is 0 Å². The lowest BCUT2D eigenvalue weighted by molar-refractivity contribution is 0.837. The van der Waals surface area contributed by atoms with E-state index in [2.05, 4.69) is 66.1 Å². The fourth-order valence-electron chi connectivity index (χ4n) is 2.50. The zero-order chi connectivity index (χ0) is 14.8. The Morgan fingerprint density at radius 1 is 1.19 bits per heavy atom. The van der Waals surface area contributed by atoms with Crippen molar-refractivity contribution >= 4 is 5.69 Å². The Morgan fingerprint density at radius 2 is 2.05 bits per heavy atom. The smallest absolute Gasteiger partial charge is 0.0991 e. The molecule has 0 amide bonds. The number of rotatable bonds is 4. The maximum absolute atomic E-state index is 4.09. The largest absolute Gasteiger partial charge is 0.381 e. The van der Waals surface area contributed by atoms with E-state index in [1.807, 2.05) is 17.1 Å². The van der Waals surface area contributed by atoms with Crippen molar-refractivity contribution in [2.45, 2.75) is 20.4 Å². The molecular weight excluding hydrogens is 260 g/mol. The molecular formula is C17H20N4. The average Bonchev–Trinajstić information content (AvgIpc) is 3.11. The van der Waals surface area contributed by atoms with Crippen molar-refractivity contribution in [3.8, 4) is 5.69 Å². The summed E-state index contributed by atoms with van der Waals surface area (Å²) in [4.78, 5) is 4.09. The van der Waals surface area contributed by atoms with Gasteiger partial charge in [0.25, 0.3) is 0 Å². The highest BCUT2D eigenvalue weighted by atomic mass is 15.0. The van der Waals surface area contributed by atoms with Gasteiger partial charge in [-0.05, 0) is 43.7 Å². The molecule has 0 unspecified atom stereocenters. The average molecular weight is 280 g/mol. The number of nitrogens with one attached hydrogen (secondary N) is 1. The molecule has 0 saturated heterocycles. The molecule has 0 fully saturated rings. The van der Waals surface area contributed by atoms with Gasteiger partial charge in [0.05, 0.1) is 6.33 Å². The first-order chi connectivity index (χ1) is 10.1. The van der Waals surface area contributed by atoms with Crippen molar-refractivity contribution in [2.75, 3.05) is 5.32 Å². The molecule has 0 spiro atoms. The molecule has 4 heteroatoms. The highest BCUT2D eigenvalue weighted by Crippen LogP contribution is 2.18. The van der Waals surface area contributed by atoms with Crippen LogP contribution in [0.1, 0.15) is 17.0 Å². The number of anilines is 1. The third-order valence-corrected chi connectivity index (χ3v) is 4.01. The van der Waals surface area contributed by atoms with Crippen molar-refractivity contribution in [1.29, 1.82) is 0 Å². The van der Waals surface area contributed by atoms with Crippen molar-refractivity contribution in [2.24, 2.45) is 7.05 Å². The van der Waals surface area contributed by atoms with E-state index in [1.54, 1.807) is 6.20 Å². The van der Waals surface area contributed by atoms with Crippen LogP contribution in [-0.4, -0.2) is 14.1 Å². The Hall–Kier alpha value is -2.49. The van der Waals surface area contributed by atoms with Crippen LogP contribution in [-0.2, 0) is 13.6 Å². The Bertz CT molecular complexity index is 738. The van der Waals surface area contributed by atoms with Crippen LogP contribution in [0.5, 0.6) is 0 Å². The van der Waals surface area contributed by atoms with Crippen molar-refractivity contribution in [1.82, 2.24) is 14.1 Å². The Kier molecular flexibility index (Phi) is 3.52. The fraction of sp³-hybridized carbons (Fsp3) is 0.235. The summed E-state index contributed by atoms with van der Waals surface area (Å²) in [6.07, 6.45) is 5.55. The molecule has 0 saturated carbocycles. The second kappa shape index (κ2) is 5.48. The molecule has 0 bridgehead atoms. The molecule has 2 aromatic heterocycles. The van der Waals surface area contributed by atoms with E-state index < -0.39 is 0 Å². The molecule has 0 aliphatic carbocycles. The van der Waals surface area contributed by atoms with Crippen LogP contribution >= 0.6 is 0 Å². The third-order valence-electron chi connectivity index (χ3n) is 4.01. The van der Waals surface area contributed by atoms with E-state index in [1.165, 1.54) is 17.0 Å². The van der Waals surface area contributed by atoms with Crippen molar-refractivity contribution in [3.05, 3.63) is 66.0 Å². The summed E-state index contributed by atoms with van der Waals surface area (Å²) in [5, 5.41) is 3.50. The van der Waals surface area contributed by atoms with Gasteiger partial charge in [-0.25, -0.2) is 4.98 Å². The van der Waals surface area contributed by atoms with Gasteiger partial charge in [0, 0.05) is 48.7 Å². The Balaban J connectivity index is 1.76. The minimum Gasteiger partial charge on any atom is -0.381 e. The molecule has 2 heterocycles. The summed E-state index contributed by atoms with van der Waals surface area (Å²) in [6, 6.07) is 10.6. The van der Waals surface area contributed by atoms with Crippen LogP contribution < -0.4 is 5.32 Å². The van der Waals surface area contributed by atoms with Crippen LogP contribution in [0.15, 0.2) is 49.1 Å². The predicted octanol–water partition coefficient (Wildman–Crippen LogP) is 3.44. The molecule has 0 aliphatic rings. The maximum atomic E-state index is 4.09. The lowest BCUT2D eigenvalue weighted by Crippen LogP contribution is -2.02. The van der Waals surface area contributed by atoms with Gasteiger partial charge in [-0.2, -0.15) is 0 Å². The summed E-state index contributed by atoms with van der Waals surface area (Å²) >= 11 is 0. The number of hydrogen-bond donors (Lipinski definition) is 1. The number of imidazole rings is 1. The van der Waals surface area contributed by atoms with Crippen molar-refractivity contribution in [3.63, 3.8) is 0 Å². The Labute approximate surface area is 125 Å². The van der Waals surface area contributed by atoms with Gasteiger partial charge < -0.3 is 14.5 Å². The van der Waals surface area contributed by atoms with Gasteiger partial charge in [0.2, 0.25) is 0 Å². The summed E-state index contributed by atoms with van der Waals surface area (Å²) in [5.74, 6) is 0. The van der Waals surface area contributed by atoms with E-state index in [0.29, 0.717) is 0 Å². The highest BCUT2D eigenvalue weighted by Gasteiger charge is 2.06. The second-order valence-electron chi connectivity index (χ2n) is 5.33. The van der Waals surface area contributed by atoms with E-state index in [0.717, 1.165) is 17.9 Å². The SMILES string of the molecule is Cc1cc(CNc2cccc(-n3ccnc3)c2)c(C)n1C. The van der Waals surface area contributed by atoms with Gasteiger partial charge in [0.15, 0.2) is 0 Å². The first-order valence-corrected chi connectivity index (χ1v) is 7.09. The van der Waals surface area contributed by atoms with Crippen LogP contribution in [0.25, 0.3) is 5.69 Å².